The average molecular weight is 492 g/mol. The second-order valence-corrected chi connectivity index (χ2v) is 10.4. The first-order chi connectivity index (χ1) is 16.4. The van der Waals surface area contributed by atoms with E-state index in [1.165, 1.54) is 6.07 Å². The third-order valence-electron chi connectivity index (χ3n) is 6.55. The smallest absolute Gasteiger partial charge is 0.416 e. The highest BCUT2D eigenvalue weighted by molar-refractivity contribution is 5.70. The number of alkyl halides is 3. The highest BCUT2D eigenvalue weighted by Crippen LogP contribution is 2.47. The Kier molecular flexibility index (Phi) is 7.04. The maximum absolute atomic E-state index is 13.0. The summed E-state index contributed by atoms with van der Waals surface area (Å²) in [5, 5.41) is 0. The Morgan fingerprint density at radius 1 is 1.09 bits per heavy atom. The zero-order valence-electron chi connectivity index (χ0n) is 20.4. The van der Waals surface area contributed by atoms with Crippen molar-refractivity contribution in [1.29, 1.82) is 0 Å². The van der Waals surface area contributed by atoms with Gasteiger partial charge in [-0.3, -0.25) is 4.79 Å². The zero-order chi connectivity index (χ0) is 25.3. The fourth-order valence-corrected chi connectivity index (χ4v) is 4.70. The van der Waals surface area contributed by atoms with Crippen LogP contribution in [0.5, 0.6) is 11.5 Å². The number of halogens is 3. The highest BCUT2D eigenvalue weighted by Gasteiger charge is 2.43. The van der Waals surface area contributed by atoms with Gasteiger partial charge < -0.3 is 19.1 Å². The molecule has 0 unspecified atom stereocenters. The molecule has 2 heterocycles. The largest absolute Gasteiger partial charge is 0.492 e. The molecule has 2 aliphatic heterocycles. The Morgan fingerprint density at radius 2 is 1.83 bits per heavy atom. The van der Waals surface area contributed by atoms with Crippen LogP contribution in [0.4, 0.5) is 13.2 Å². The molecule has 1 spiro atoms. The zero-order valence-corrected chi connectivity index (χ0v) is 20.4. The van der Waals surface area contributed by atoms with Crippen LogP contribution >= 0.6 is 0 Å². The molecule has 0 aliphatic carbocycles. The molecule has 5 nitrogen and oxygen atoms in total. The fourth-order valence-electron chi connectivity index (χ4n) is 4.70. The molecule has 8 heteroatoms. The Morgan fingerprint density at radius 3 is 2.51 bits per heavy atom. The van der Waals surface area contributed by atoms with Gasteiger partial charge in [-0.1, -0.05) is 12.1 Å². The number of benzene rings is 2. The summed E-state index contributed by atoms with van der Waals surface area (Å²) in [6.07, 6.45) is -2.23. The molecule has 1 fully saturated rings. The number of rotatable bonds is 6. The van der Waals surface area contributed by atoms with Gasteiger partial charge in [-0.2, -0.15) is 13.2 Å². The number of carbonyl (C=O) groups excluding carboxylic acids is 1. The Hall–Kier alpha value is -2.74. The molecular weight excluding hydrogens is 459 g/mol. The van der Waals surface area contributed by atoms with E-state index in [0.29, 0.717) is 30.9 Å². The predicted molar refractivity (Wildman–Crippen MR) is 126 cm³/mol. The monoisotopic (exact) mass is 491 g/mol. The normalized spacial score (nSPS) is 17.7. The minimum absolute atomic E-state index is 0.0506. The summed E-state index contributed by atoms with van der Waals surface area (Å²) in [4.78, 5) is 14.3. The van der Waals surface area contributed by atoms with E-state index in [4.69, 9.17) is 14.2 Å². The third kappa shape index (κ3) is 6.28. The number of ether oxygens (including phenoxy) is 3. The SMILES string of the molecule is CC(C)(C)OC(=O)CCN1CCC2(CC1)COc1ccc(OCc3cccc(C(F)(F)F)c3)cc12. The van der Waals surface area contributed by atoms with Gasteiger partial charge in [0.05, 0.1) is 18.6 Å². The average Bonchev–Trinajstić information content (AvgIpc) is 3.13. The topological polar surface area (TPSA) is 48.0 Å². The third-order valence-corrected chi connectivity index (χ3v) is 6.55. The van der Waals surface area contributed by atoms with Gasteiger partial charge in [0, 0.05) is 17.5 Å². The molecule has 1 saturated heterocycles. The van der Waals surface area contributed by atoms with Crippen LogP contribution in [-0.2, 0) is 27.7 Å². The first-order valence-electron chi connectivity index (χ1n) is 11.9. The Labute approximate surface area is 204 Å². The van der Waals surface area contributed by atoms with Crippen LogP contribution in [0.3, 0.4) is 0 Å². The maximum atomic E-state index is 13.0. The standard InChI is InChI=1S/C27H32F3NO4/c1-25(2,3)35-24(32)9-12-31-13-10-26(11-14-31)18-34-23-8-7-21(16-22(23)26)33-17-19-5-4-6-20(15-19)27(28,29)30/h4-8,15-16H,9-14,17-18H2,1-3H3. The minimum atomic E-state index is -4.38. The van der Waals surface area contributed by atoms with Crippen molar-refractivity contribution in [2.24, 2.45) is 0 Å². The predicted octanol–water partition coefficient (Wildman–Crippen LogP) is 5.74. The summed E-state index contributed by atoms with van der Waals surface area (Å²) < 4.78 is 56.2. The van der Waals surface area contributed by atoms with Crippen LogP contribution in [0, 0.1) is 0 Å². The van der Waals surface area contributed by atoms with E-state index in [1.807, 2.05) is 32.9 Å². The van der Waals surface area contributed by atoms with Crippen LogP contribution in [-0.4, -0.2) is 42.7 Å². The lowest BCUT2D eigenvalue weighted by atomic mass is 9.74. The molecule has 0 bridgehead atoms. The fraction of sp³-hybridized carbons (Fsp3) is 0.519. The van der Waals surface area contributed by atoms with E-state index in [0.717, 1.165) is 49.4 Å². The second-order valence-electron chi connectivity index (χ2n) is 10.4. The molecule has 0 amide bonds. The number of esters is 1. The van der Waals surface area contributed by atoms with E-state index in [-0.39, 0.29) is 18.0 Å². The maximum Gasteiger partial charge on any atom is 0.416 e. The van der Waals surface area contributed by atoms with Gasteiger partial charge in [0.2, 0.25) is 0 Å². The van der Waals surface area contributed by atoms with Crippen molar-refractivity contribution in [3.05, 3.63) is 59.2 Å². The highest BCUT2D eigenvalue weighted by atomic mass is 19.4. The van der Waals surface area contributed by atoms with Gasteiger partial charge >= 0.3 is 12.1 Å². The van der Waals surface area contributed by atoms with Gasteiger partial charge in [-0.05, 0) is 82.6 Å². The first-order valence-corrected chi connectivity index (χ1v) is 11.9. The van der Waals surface area contributed by atoms with Gasteiger partial charge in [-0.15, -0.1) is 0 Å². The van der Waals surface area contributed by atoms with Gasteiger partial charge in [0.25, 0.3) is 0 Å². The summed E-state index contributed by atoms with van der Waals surface area (Å²) in [5.74, 6) is 1.26. The van der Waals surface area contributed by atoms with Gasteiger partial charge in [0.15, 0.2) is 0 Å². The molecule has 190 valence electrons. The Bertz CT molecular complexity index is 1050. The van der Waals surface area contributed by atoms with Crippen LogP contribution in [0.25, 0.3) is 0 Å². The summed E-state index contributed by atoms with van der Waals surface area (Å²) in [5.41, 5.74) is 0.274. The molecule has 2 aromatic rings. The van der Waals surface area contributed by atoms with Crippen molar-refractivity contribution < 1.29 is 32.2 Å². The number of fused-ring (bicyclic) bond motifs is 2. The van der Waals surface area contributed by atoms with Crippen LogP contribution < -0.4 is 9.47 Å². The van der Waals surface area contributed by atoms with E-state index >= 15 is 0 Å². The number of hydrogen-bond donors (Lipinski definition) is 0. The molecule has 2 aromatic carbocycles. The van der Waals surface area contributed by atoms with Crippen molar-refractivity contribution in [2.75, 3.05) is 26.2 Å². The van der Waals surface area contributed by atoms with E-state index in [2.05, 4.69) is 4.90 Å². The van der Waals surface area contributed by atoms with Crippen molar-refractivity contribution in [2.45, 2.75) is 63.8 Å². The molecule has 0 N–H and O–H groups in total. The van der Waals surface area contributed by atoms with Crippen molar-refractivity contribution in [1.82, 2.24) is 4.90 Å². The number of piperidine rings is 1. The molecule has 0 aromatic heterocycles. The van der Waals surface area contributed by atoms with E-state index < -0.39 is 17.3 Å². The van der Waals surface area contributed by atoms with Gasteiger partial charge in [-0.25, -0.2) is 0 Å². The summed E-state index contributed by atoms with van der Waals surface area (Å²) >= 11 is 0. The first kappa shape index (κ1) is 25.4. The second kappa shape index (κ2) is 9.72. The molecule has 0 atom stereocenters. The lowest BCUT2D eigenvalue weighted by molar-refractivity contribution is -0.155. The summed E-state index contributed by atoms with van der Waals surface area (Å²) in [7, 11) is 0. The lowest BCUT2D eigenvalue weighted by Gasteiger charge is -2.38. The van der Waals surface area contributed by atoms with Crippen LogP contribution in [0.1, 0.15) is 56.7 Å². The van der Waals surface area contributed by atoms with Crippen molar-refractivity contribution in [3.8, 4) is 11.5 Å². The molecular formula is C27H32F3NO4. The molecule has 2 aliphatic rings. The lowest BCUT2D eigenvalue weighted by Crippen LogP contribution is -2.44. The van der Waals surface area contributed by atoms with Crippen molar-refractivity contribution >= 4 is 5.97 Å². The quantitative estimate of drug-likeness (QED) is 0.482. The van der Waals surface area contributed by atoms with Crippen LogP contribution in [0.15, 0.2) is 42.5 Å². The number of nitrogens with zero attached hydrogens (tertiary/aromatic N) is 1. The van der Waals surface area contributed by atoms with Gasteiger partial charge in [0.1, 0.15) is 23.7 Å². The molecule has 4 rings (SSSR count). The summed E-state index contributed by atoms with van der Waals surface area (Å²) in [6.45, 7) is 8.61. The Balaban J connectivity index is 1.36. The minimum Gasteiger partial charge on any atom is -0.492 e. The molecule has 0 saturated carbocycles. The number of likely N-dealkylation sites (tertiary alicyclic amines) is 1. The van der Waals surface area contributed by atoms with E-state index in [1.54, 1.807) is 12.1 Å². The van der Waals surface area contributed by atoms with E-state index in [9.17, 15) is 18.0 Å². The molecule has 35 heavy (non-hydrogen) atoms. The summed E-state index contributed by atoms with van der Waals surface area (Å²) in [6, 6.07) is 10.8. The van der Waals surface area contributed by atoms with Crippen LogP contribution in [0.2, 0.25) is 0 Å². The van der Waals surface area contributed by atoms with Crippen molar-refractivity contribution in [3.63, 3.8) is 0 Å². The number of hydrogen-bond acceptors (Lipinski definition) is 5. The molecule has 0 radical (unpaired) electrons. The number of carbonyl (C=O) groups is 1.